The molecule has 1 atom stereocenters. The summed E-state index contributed by atoms with van der Waals surface area (Å²) in [5.74, 6) is -1.06. The number of carboxylic acids is 1. The standard InChI is InChI=1S/C24H23Cl2N3O4/c1-14-3-5-16(6-4-14)20(12-21(30)31)27-24(33)28-22-15(2)9-10-29(23(22)32)13-17-7-8-18(25)11-19(17)26/h3-11,20H,12-13H2,1-2H3,(H,30,31)(H2,27,28,33)/t20-/m0/s1. The first-order valence-corrected chi connectivity index (χ1v) is 10.9. The molecule has 1 heterocycles. The van der Waals surface area contributed by atoms with Crippen LogP contribution >= 0.6 is 23.2 Å². The highest BCUT2D eigenvalue weighted by atomic mass is 35.5. The van der Waals surface area contributed by atoms with E-state index in [4.69, 9.17) is 23.2 Å². The van der Waals surface area contributed by atoms with Crippen molar-refractivity contribution in [3.05, 3.63) is 97.4 Å². The predicted molar refractivity (Wildman–Crippen MR) is 129 cm³/mol. The maximum absolute atomic E-state index is 13.0. The van der Waals surface area contributed by atoms with Crippen LogP contribution in [0.25, 0.3) is 0 Å². The van der Waals surface area contributed by atoms with Crippen LogP contribution in [0.3, 0.4) is 0 Å². The number of amides is 2. The predicted octanol–water partition coefficient (Wildman–Crippen LogP) is 5.16. The van der Waals surface area contributed by atoms with Crippen LogP contribution < -0.4 is 16.2 Å². The first-order valence-electron chi connectivity index (χ1n) is 10.1. The van der Waals surface area contributed by atoms with Gasteiger partial charge in [-0.05, 0) is 48.7 Å². The monoisotopic (exact) mass is 487 g/mol. The number of carboxylic acid groups (broad SMARTS) is 1. The number of urea groups is 1. The van der Waals surface area contributed by atoms with Crippen LogP contribution in [-0.2, 0) is 11.3 Å². The van der Waals surface area contributed by atoms with Gasteiger partial charge in [-0.25, -0.2) is 4.79 Å². The summed E-state index contributed by atoms with van der Waals surface area (Å²) < 4.78 is 1.42. The first-order chi connectivity index (χ1) is 15.6. The van der Waals surface area contributed by atoms with Gasteiger partial charge in [-0.2, -0.15) is 0 Å². The van der Waals surface area contributed by atoms with E-state index in [0.717, 1.165) is 5.56 Å². The Bertz CT molecular complexity index is 1240. The van der Waals surface area contributed by atoms with Gasteiger partial charge in [-0.15, -0.1) is 0 Å². The third-order valence-electron chi connectivity index (χ3n) is 5.13. The zero-order chi connectivity index (χ0) is 24.1. The second kappa shape index (κ2) is 10.6. The smallest absolute Gasteiger partial charge is 0.319 e. The van der Waals surface area contributed by atoms with Crippen LogP contribution in [0.4, 0.5) is 10.5 Å². The van der Waals surface area contributed by atoms with Crippen LogP contribution in [-0.4, -0.2) is 21.7 Å². The molecular formula is C24H23Cl2N3O4. The van der Waals surface area contributed by atoms with Crippen molar-refractivity contribution in [2.24, 2.45) is 0 Å². The van der Waals surface area contributed by atoms with Gasteiger partial charge in [0.2, 0.25) is 0 Å². The number of nitrogens with zero attached hydrogens (tertiary/aromatic N) is 1. The van der Waals surface area contributed by atoms with Crippen LogP contribution in [0.15, 0.2) is 59.5 Å². The van der Waals surface area contributed by atoms with Gasteiger partial charge < -0.3 is 20.3 Å². The quantitative estimate of drug-likeness (QED) is 0.428. The third kappa shape index (κ3) is 6.37. The molecule has 0 aliphatic heterocycles. The van der Waals surface area contributed by atoms with E-state index < -0.39 is 23.6 Å². The van der Waals surface area contributed by atoms with Crippen molar-refractivity contribution in [3.8, 4) is 0 Å². The van der Waals surface area contributed by atoms with Gasteiger partial charge in [0.15, 0.2) is 0 Å². The van der Waals surface area contributed by atoms with Crippen LogP contribution in [0.2, 0.25) is 10.0 Å². The lowest BCUT2D eigenvalue weighted by Gasteiger charge is -2.19. The number of benzene rings is 2. The molecule has 0 saturated heterocycles. The summed E-state index contributed by atoms with van der Waals surface area (Å²) >= 11 is 12.2. The van der Waals surface area contributed by atoms with Gasteiger partial charge in [0.05, 0.1) is 19.0 Å². The zero-order valence-corrected chi connectivity index (χ0v) is 19.6. The molecule has 1 aromatic heterocycles. The third-order valence-corrected chi connectivity index (χ3v) is 5.72. The topological polar surface area (TPSA) is 100 Å². The Kier molecular flexibility index (Phi) is 7.79. The Morgan fingerprint density at radius 2 is 1.76 bits per heavy atom. The molecule has 0 fully saturated rings. The van der Waals surface area contributed by atoms with Crippen molar-refractivity contribution in [3.63, 3.8) is 0 Å². The molecule has 2 aromatic carbocycles. The number of aryl methyl sites for hydroxylation is 2. The van der Waals surface area contributed by atoms with Gasteiger partial charge in [-0.3, -0.25) is 9.59 Å². The van der Waals surface area contributed by atoms with Crippen molar-refractivity contribution in [2.75, 3.05) is 5.32 Å². The molecule has 33 heavy (non-hydrogen) atoms. The molecule has 7 nitrogen and oxygen atoms in total. The van der Waals surface area contributed by atoms with E-state index in [1.54, 1.807) is 49.5 Å². The molecule has 3 N–H and O–H groups in total. The molecule has 0 spiro atoms. The fraction of sp³-hybridized carbons (Fsp3) is 0.208. The van der Waals surface area contributed by atoms with E-state index >= 15 is 0 Å². The Morgan fingerprint density at radius 1 is 1.06 bits per heavy atom. The fourth-order valence-corrected chi connectivity index (χ4v) is 3.78. The van der Waals surface area contributed by atoms with Crippen molar-refractivity contribution >= 4 is 40.9 Å². The number of aliphatic carboxylic acids is 1. The summed E-state index contributed by atoms with van der Waals surface area (Å²) in [6, 6.07) is 12.5. The van der Waals surface area contributed by atoms with E-state index in [1.165, 1.54) is 4.57 Å². The molecule has 0 saturated carbocycles. The number of hydrogen-bond acceptors (Lipinski definition) is 3. The number of pyridine rings is 1. The van der Waals surface area contributed by atoms with Gasteiger partial charge in [0.1, 0.15) is 5.69 Å². The molecular weight excluding hydrogens is 465 g/mol. The van der Waals surface area contributed by atoms with E-state index in [0.29, 0.717) is 26.7 Å². The normalized spacial score (nSPS) is 11.6. The summed E-state index contributed by atoms with van der Waals surface area (Å²) in [5, 5.41) is 15.4. The molecule has 172 valence electrons. The number of rotatable bonds is 7. The SMILES string of the molecule is Cc1ccc([C@H](CC(=O)O)NC(=O)Nc2c(C)ccn(Cc3ccc(Cl)cc3Cl)c2=O)cc1. The molecule has 0 unspecified atom stereocenters. The van der Waals surface area contributed by atoms with Gasteiger partial charge in [-0.1, -0.05) is 59.1 Å². The van der Waals surface area contributed by atoms with Gasteiger partial charge >= 0.3 is 12.0 Å². The summed E-state index contributed by atoms with van der Waals surface area (Å²) in [6.07, 6.45) is 1.31. The highest BCUT2D eigenvalue weighted by molar-refractivity contribution is 6.35. The van der Waals surface area contributed by atoms with Crippen LogP contribution in [0.5, 0.6) is 0 Å². The number of anilines is 1. The lowest BCUT2D eigenvalue weighted by atomic mass is 10.0. The molecule has 9 heteroatoms. The van der Waals surface area contributed by atoms with E-state index in [9.17, 15) is 19.5 Å². The number of carbonyl (C=O) groups is 2. The van der Waals surface area contributed by atoms with Crippen molar-refractivity contribution in [1.82, 2.24) is 9.88 Å². The number of nitrogens with one attached hydrogen (secondary N) is 2. The minimum Gasteiger partial charge on any atom is -0.481 e. The van der Waals surface area contributed by atoms with Crippen LogP contribution in [0, 0.1) is 13.8 Å². The summed E-state index contributed by atoms with van der Waals surface area (Å²) in [5.41, 5.74) is 2.61. The summed E-state index contributed by atoms with van der Waals surface area (Å²) in [4.78, 5) is 37.1. The van der Waals surface area contributed by atoms with Crippen molar-refractivity contribution < 1.29 is 14.7 Å². The average molecular weight is 488 g/mol. The van der Waals surface area contributed by atoms with Crippen molar-refractivity contribution in [1.29, 1.82) is 0 Å². The van der Waals surface area contributed by atoms with E-state index in [-0.39, 0.29) is 18.7 Å². The van der Waals surface area contributed by atoms with Gasteiger partial charge in [0, 0.05) is 16.2 Å². The molecule has 3 rings (SSSR count). The molecule has 0 radical (unpaired) electrons. The number of halogens is 2. The lowest BCUT2D eigenvalue weighted by Crippen LogP contribution is -2.36. The molecule has 0 aliphatic rings. The molecule has 2 amide bonds. The second-order valence-electron chi connectivity index (χ2n) is 7.70. The Balaban J connectivity index is 1.81. The number of carbonyl (C=O) groups excluding carboxylic acids is 1. The summed E-state index contributed by atoms with van der Waals surface area (Å²) in [7, 11) is 0. The minimum atomic E-state index is -1.06. The lowest BCUT2D eigenvalue weighted by molar-refractivity contribution is -0.137. The Hall–Kier alpha value is -3.29. The van der Waals surface area contributed by atoms with E-state index in [1.807, 2.05) is 19.1 Å². The number of aromatic nitrogens is 1. The first kappa shape index (κ1) is 24.4. The molecule has 3 aromatic rings. The maximum atomic E-state index is 13.0. The second-order valence-corrected chi connectivity index (χ2v) is 8.55. The maximum Gasteiger partial charge on any atom is 0.319 e. The highest BCUT2D eigenvalue weighted by Gasteiger charge is 2.20. The fourth-order valence-electron chi connectivity index (χ4n) is 3.31. The van der Waals surface area contributed by atoms with Crippen LogP contribution in [0.1, 0.15) is 34.7 Å². The Morgan fingerprint density at radius 3 is 2.39 bits per heavy atom. The summed E-state index contributed by atoms with van der Waals surface area (Å²) in [6.45, 7) is 3.80. The average Bonchev–Trinajstić information content (AvgIpc) is 2.74. The molecule has 0 aliphatic carbocycles. The minimum absolute atomic E-state index is 0.0954. The van der Waals surface area contributed by atoms with Gasteiger partial charge in [0.25, 0.3) is 5.56 Å². The highest BCUT2D eigenvalue weighted by Crippen LogP contribution is 2.22. The molecule has 0 bridgehead atoms. The zero-order valence-electron chi connectivity index (χ0n) is 18.1. The van der Waals surface area contributed by atoms with Crippen molar-refractivity contribution in [2.45, 2.75) is 32.9 Å². The number of hydrogen-bond donors (Lipinski definition) is 3. The Labute approximate surface area is 201 Å². The van der Waals surface area contributed by atoms with E-state index in [2.05, 4.69) is 10.6 Å². The largest absolute Gasteiger partial charge is 0.481 e.